The molecule has 33 heavy (non-hydrogen) atoms. The molecule has 3 aromatic rings. The average molecular weight is 447 g/mol. The highest BCUT2D eigenvalue weighted by Crippen LogP contribution is 2.28. The van der Waals surface area contributed by atoms with Crippen molar-refractivity contribution in [3.05, 3.63) is 71.2 Å². The first-order chi connectivity index (χ1) is 16.2. The highest BCUT2D eigenvalue weighted by molar-refractivity contribution is 5.81. The molecule has 0 atom stereocenters. The highest BCUT2D eigenvalue weighted by atomic mass is 16.5. The molecule has 0 aliphatic rings. The van der Waals surface area contributed by atoms with E-state index in [0.29, 0.717) is 30.4 Å². The highest BCUT2D eigenvalue weighted by Gasteiger charge is 2.12. The molecule has 0 saturated carbocycles. The molecule has 1 heterocycles. The Balaban J connectivity index is 1.57. The Kier molecular flexibility index (Phi) is 9.34. The zero-order valence-corrected chi connectivity index (χ0v) is 19.2. The van der Waals surface area contributed by atoms with Crippen LogP contribution in [0.25, 0.3) is 0 Å². The molecule has 172 valence electrons. The van der Waals surface area contributed by atoms with Crippen molar-refractivity contribution >= 4 is 12.1 Å². The summed E-state index contributed by atoms with van der Waals surface area (Å²) in [5.41, 5.74) is 4.88. The van der Waals surface area contributed by atoms with E-state index in [1.54, 1.807) is 13.3 Å². The lowest BCUT2D eigenvalue weighted by molar-refractivity contribution is 0.284. The molecule has 0 aliphatic heterocycles. The van der Waals surface area contributed by atoms with Gasteiger partial charge in [0.05, 0.1) is 13.3 Å². The van der Waals surface area contributed by atoms with Crippen molar-refractivity contribution in [3.63, 3.8) is 0 Å². The fourth-order valence-corrected chi connectivity index (χ4v) is 3.29. The first-order valence-corrected chi connectivity index (χ1v) is 11.3. The summed E-state index contributed by atoms with van der Waals surface area (Å²) >= 11 is 0. The number of ether oxygens (including phenoxy) is 2. The second-order valence-electron chi connectivity index (χ2n) is 7.62. The minimum absolute atomic E-state index is 0.206. The van der Waals surface area contributed by atoms with Gasteiger partial charge in [-0.1, -0.05) is 62.9 Å². The van der Waals surface area contributed by atoms with Gasteiger partial charge >= 0.3 is 0 Å². The van der Waals surface area contributed by atoms with E-state index in [2.05, 4.69) is 28.5 Å². The SMILES string of the molecule is CCCCCCCc1nc(C#N)c(N/N=C/c2ccc(OCc3ccccc3)c(OC)c2)o1. The Morgan fingerprint density at radius 2 is 1.91 bits per heavy atom. The van der Waals surface area contributed by atoms with Gasteiger partial charge in [0.1, 0.15) is 12.7 Å². The molecule has 7 heteroatoms. The maximum Gasteiger partial charge on any atom is 0.252 e. The molecule has 3 rings (SSSR count). The van der Waals surface area contributed by atoms with Gasteiger partial charge in [0.25, 0.3) is 5.88 Å². The van der Waals surface area contributed by atoms with Gasteiger partial charge in [0.2, 0.25) is 5.69 Å². The first-order valence-electron chi connectivity index (χ1n) is 11.3. The third-order valence-corrected chi connectivity index (χ3v) is 5.08. The lowest BCUT2D eigenvalue weighted by atomic mass is 10.1. The van der Waals surface area contributed by atoms with Crippen LogP contribution in [0.15, 0.2) is 58.0 Å². The molecule has 0 unspecified atom stereocenters. The number of nitrogens with one attached hydrogen (secondary N) is 1. The van der Waals surface area contributed by atoms with Crippen LogP contribution in [-0.2, 0) is 13.0 Å². The Bertz CT molecular complexity index is 1070. The van der Waals surface area contributed by atoms with Crippen LogP contribution >= 0.6 is 0 Å². The van der Waals surface area contributed by atoms with E-state index >= 15 is 0 Å². The number of benzene rings is 2. The van der Waals surface area contributed by atoms with Crippen molar-refractivity contribution in [2.45, 2.75) is 52.1 Å². The summed E-state index contributed by atoms with van der Waals surface area (Å²) in [7, 11) is 1.60. The minimum Gasteiger partial charge on any atom is -0.493 e. The summed E-state index contributed by atoms with van der Waals surface area (Å²) in [6.45, 7) is 2.64. The van der Waals surface area contributed by atoms with Crippen molar-refractivity contribution < 1.29 is 13.9 Å². The number of nitriles is 1. The van der Waals surface area contributed by atoms with Crippen LogP contribution in [0.2, 0.25) is 0 Å². The van der Waals surface area contributed by atoms with Crippen molar-refractivity contribution in [1.82, 2.24) is 4.98 Å². The fraction of sp³-hybridized carbons (Fsp3) is 0.346. The summed E-state index contributed by atoms with van der Waals surface area (Å²) in [5, 5.41) is 13.5. The molecule has 0 radical (unpaired) electrons. The lowest BCUT2D eigenvalue weighted by Gasteiger charge is -2.11. The van der Waals surface area contributed by atoms with Gasteiger partial charge in [-0.05, 0) is 35.7 Å². The van der Waals surface area contributed by atoms with Crippen molar-refractivity contribution in [2.24, 2.45) is 5.10 Å². The van der Waals surface area contributed by atoms with Gasteiger partial charge in [-0.3, -0.25) is 0 Å². The number of hydrogen-bond acceptors (Lipinski definition) is 7. The maximum absolute atomic E-state index is 9.33. The predicted molar refractivity (Wildman–Crippen MR) is 129 cm³/mol. The smallest absolute Gasteiger partial charge is 0.252 e. The van der Waals surface area contributed by atoms with Gasteiger partial charge in [0, 0.05) is 6.42 Å². The Labute approximate surface area is 195 Å². The second kappa shape index (κ2) is 12.9. The molecule has 0 fully saturated rings. The number of anilines is 1. The van der Waals surface area contributed by atoms with E-state index in [0.717, 1.165) is 24.0 Å². The molecule has 0 saturated heterocycles. The summed E-state index contributed by atoms with van der Waals surface area (Å²) in [6.07, 6.45) is 8.11. The number of hydrazone groups is 1. The van der Waals surface area contributed by atoms with Crippen molar-refractivity contribution in [3.8, 4) is 17.6 Å². The van der Waals surface area contributed by atoms with Crippen LogP contribution in [0.4, 0.5) is 5.88 Å². The van der Waals surface area contributed by atoms with Gasteiger partial charge in [0.15, 0.2) is 17.4 Å². The summed E-state index contributed by atoms with van der Waals surface area (Å²) in [4.78, 5) is 4.26. The molecule has 7 nitrogen and oxygen atoms in total. The monoisotopic (exact) mass is 446 g/mol. The third-order valence-electron chi connectivity index (χ3n) is 5.08. The van der Waals surface area contributed by atoms with Gasteiger partial charge in [-0.2, -0.15) is 10.4 Å². The standard InChI is InChI=1S/C26H30N4O3/c1-3-4-5-6-10-13-25-29-22(17-27)26(33-25)30-28-18-21-14-15-23(24(16-21)31-2)32-19-20-11-8-7-9-12-20/h7-9,11-12,14-16,18,30H,3-6,10,13,19H2,1-2H3/b28-18+. The van der Waals surface area contributed by atoms with E-state index in [4.69, 9.17) is 13.9 Å². The van der Waals surface area contributed by atoms with E-state index in [1.807, 2.05) is 48.5 Å². The fourth-order valence-electron chi connectivity index (χ4n) is 3.29. The van der Waals surface area contributed by atoms with Crippen LogP contribution in [0.5, 0.6) is 11.5 Å². The topological polar surface area (TPSA) is 92.7 Å². The zero-order chi connectivity index (χ0) is 23.3. The summed E-state index contributed by atoms with van der Waals surface area (Å²) in [5.74, 6) is 2.07. The van der Waals surface area contributed by atoms with Crippen LogP contribution in [0, 0.1) is 11.3 Å². The summed E-state index contributed by atoms with van der Waals surface area (Å²) in [6, 6.07) is 17.5. The van der Waals surface area contributed by atoms with Crippen LogP contribution in [0.1, 0.15) is 61.7 Å². The van der Waals surface area contributed by atoms with Crippen LogP contribution in [0.3, 0.4) is 0 Å². The van der Waals surface area contributed by atoms with Crippen LogP contribution < -0.4 is 14.9 Å². The number of unbranched alkanes of at least 4 members (excludes halogenated alkanes) is 4. The van der Waals surface area contributed by atoms with E-state index in [-0.39, 0.29) is 11.6 Å². The van der Waals surface area contributed by atoms with Gasteiger partial charge in [-0.25, -0.2) is 10.4 Å². The predicted octanol–water partition coefficient (Wildman–Crippen LogP) is 6.09. The zero-order valence-electron chi connectivity index (χ0n) is 19.2. The largest absolute Gasteiger partial charge is 0.493 e. The molecule has 1 aromatic heterocycles. The number of aryl methyl sites for hydroxylation is 1. The normalized spacial score (nSPS) is 10.8. The van der Waals surface area contributed by atoms with Crippen LogP contribution in [-0.4, -0.2) is 18.3 Å². The molecule has 0 aliphatic carbocycles. The third kappa shape index (κ3) is 7.39. The van der Waals surface area contributed by atoms with Crippen molar-refractivity contribution in [1.29, 1.82) is 5.26 Å². The number of rotatable bonds is 13. The first kappa shape index (κ1) is 23.9. The minimum atomic E-state index is 0.206. The Morgan fingerprint density at radius 1 is 1.09 bits per heavy atom. The molecule has 1 N–H and O–H groups in total. The second-order valence-corrected chi connectivity index (χ2v) is 7.62. The number of aromatic nitrogens is 1. The van der Waals surface area contributed by atoms with Crippen molar-refractivity contribution in [2.75, 3.05) is 12.5 Å². The van der Waals surface area contributed by atoms with E-state index in [9.17, 15) is 5.26 Å². The van der Waals surface area contributed by atoms with Gasteiger partial charge in [-0.15, -0.1) is 0 Å². The lowest BCUT2D eigenvalue weighted by Crippen LogP contribution is -1.98. The molecule has 0 amide bonds. The number of nitrogens with zero attached hydrogens (tertiary/aromatic N) is 3. The number of methoxy groups -OCH3 is 1. The quantitative estimate of drug-likeness (QED) is 0.194. The number of oxazole rings is 1. The molecule has 2 aromatic carbocycles. The molecular weight excluding hydrogens is 416 g/mol. The van der Waals surface area contributed by atoms with E-state index in [1.165, 1.54) is 19.3 Å². The molecule has 0 spiro atoms. The summed E-state index contributed by atoms with van der Waals surface area (Å²) < 4.78 is 17.0. The average Bonchev–Trinajstić information content (AvgIpc) is 3.25. The van der Waals surface area contributed by atoms with E-state index < -0.39 is 0 Å². The van der Waals surface area contributed by atoms with Gasteiger partial charge < -0.3 is 13.9 Å². The Morgan fingerprint density at radius 3 is 2.67 bits per heavy atom. The molecular formula is C26H30N4O3. The Hall–Kier alpha value is -3.79. The molecule has 0 bridgehead atoms. The maximum atomic E-state index is 9.33. The number of hydrogen-bond donors (Lipinski definition) is 1.